The fourth-order valence-electron chi connectivity index (χ4n) is 3.77. The molecule has 0 radical (unpaired) electrons. The molecule has 4 heteroatoms. The van der Waals surface area contributed by atoms with E-state index in [1.807, 2.05) is 18.2 Å². The van der Waals surface area contributed by atoms with Crippen LogP contribution in [0.2, 0.25) is 10.0 Å². The van der Waals surface area contributed by atoms with Crippen molar-refractivity contribution >= 4 is 23.2 Å². The molecule has 1 aliphatic carbocycles. The van der Waals surface area contributed by atoms with Crippen LogP contribution in [0.25, 0.3) is 0 Å². The molecule has 2 aliphatic rings. The molecule has 0 aromatic heterocycles. The van der Waals surface area contributed by atoms with Gasteiger partial charge in [-0.1, -0.05) is 48.2 Å². The summed E-state index contributed by atoms with van der Waals surface area (Å²) in [6.07, 6.45) is 6.97. The maximum atomic E-state index is 6.49. The van der Waals surface area contributed by atoms with Gasteiger partial charge in [0.2, 0.25) is 0 Å². The second kappa shape index (κ2) is 5.84. The normalized spacial score (nSPS) is 26.9. The molecule has 2 unspecified atom stereocenters. The minimum absolute atomic E-state index is 0.0532. The highest BCUT2D eigenvalue weighted by molar-refractivity contribution is 6.42. The molecule has 3 rings (SSSR count). The van der Waals surface area contributed by atoms with Gasteiger partial charge in [-0.05, 0) is 43.2 Å². The maximum absolute atomic E-state index is 6.49. The van der Waals surface area contributed by atoms with Crippen LogP contribution in [-0.2, 0) is 4.74 Å². The molecule has 2 N–H and O–H groups in total. The van der Waals surface area contributed by atoms with E-state index in [1.165, 1.54) is 25.7 Å². The molecular formula is C16H21Cl2NO. The van der Waals surface area contributed by atoms with Crippen LogP contribution in [0.15, 0.2) is 18.2 Å². The van der Waals surface area contributed by atoms with Crippen LogP contribution < -0.4 is 5.73 Å². The zero-order valence-electron chi connectivity index (χ0n) is 11.6. The van der Waals surface area contributed by atoms with E-state index in [0.29, 0.717) is 16.0 Å². The lowest BCUT2D eigenvalue weighted by Crippen LogP contribution is -2.40. The van der Waals surface area contributed by atoms with E-state index < -0.39 is 0 Å². The Labute approximate surface area is 130 Å². The number of nitrogens with two attached hydrogens (primary N) is 1. The Morgan fingerprint density at radius 2 is 2.00 bits per heavy atom. The molecule has 2 fully saturated rings. The van der Waals surface area contributed by atoms with Crippen molar-refractivity contribution in [3.05, 3.63) is 33.8 Å². The van der Waals surface area contributed by atoms with E-state index in [0.717, 1.165) is 25.0 Å². The van der Waals surface area contributed by atoms with E-state index in [9.17, 15) is 0 Å². The van der Waals surface area contributed by atoms with E-state index in [-0.39, 0.29) is 11.6 Å². The van der Waals surface area contributed by atoms with E-state index in [4.69, 9.17) is 33.7 Å². The first-order chi connectivity index (χ1) is 9.61. The first-order valence-electron chi connectivity index (χ1n) is 7.45. The molecule has 1 saturated carbocycles. The average Bonchev–Trinajstić information content (AvgIpc) is 2.89. The van der Waals surface area contributed by atoms with Crippen LogP contribution in [0.5, 0.6) is 0 Å². The average molecular weight is 314 g/mol. The summed E-state index contributed by atoms with van der Waals surface area (Å²) in [5, 5.41) is 1.19. The van der Waals surface area contributed by atoms with E-state index in [2.05, 4.69) is 0 Å². The Morgan fingerprint density at radius 3 is 2.75 bits per heavy atom. The predicted octanol–water partition coefficient (Wildman–Crippen LogP) is 4.73. The van der Waals surface area contributed by atoms with Gasteiger partial charge >= 0.3 is 0 Å². The highest BCUT2D eigenvalue weighted by Crippen LogP contribution is 2.45. The summed E-state index contributed by atoms with van der Waals surface area (Å²) in [4.78, 5) is 0. The molecule has 0 bridgehead atoms. The number of halogens is 2. The highest BCUT2D eigenvalue weighted by Gasteiger charge is 2.41. The largest absolute Gasteiger partial charge is 0.375 e. The van der Waals surface area contributed by atoms with Crippen LogP contribution >= 0.6 is 23.2 Å². The molecule has 1 aromatic rings. The lowest BCUT2D eigenvalue weighted by Gasteiger charge is -2.40. The van der Waals surface area contributed by atoms with Crippen molar-refractivity contribution in [1.29, 1.82) is 0 Å². The molecule has 2 nitrogen and oxygen atoms in total. The summed E-state index contributed by atoms with van der Waals surface area (Å²) < 4.78 is 6.08. The first-order valence-corrected chi connectivity index (χ1v) is 8.20. The lowest BCUT2D eigenvalue weighted by atomic mass is 9.79. The van der Waals surface area contributed by atoms with Crippen molar-refractivity contribution in [1.82, 2.24) is 0 Å². The van der Waals surface area contributed by atoms with Gasteiger partial charge in [0.1, 0.15) is 0 Å². The van der Waals surface area contributed by atoms with Crippen LogP contribution in [0.1, 0.15) is 50.1 Å². The topological polar surface area (TPSA) is 35.2 Å². The van der Waals surface area contributed by atoms with Crippen LogP contribution in [0.3, 0.4) is 0 Å². The molecule has 1 heterocycles. The van der Waals surface area contributed by atoms with Gasteiger partial charge in [0, 0.05) is 12.6 Å². The summed E-state index contributed by atoms with van der Waals surface area (Å²) in [5.41, 5.74) is 7.55. The van der Waals surface area contributed by atoms with Crippen LogP contribution in [0.4, 0.5) is 0 Å². The Balaban J connectivity index is 1.79. The zero-order chi connectivity index (χ0) is 14.2. The molecule has 1 saturated heterocycles. The number of hydrogen-bond acceptors (Lipinski definition) is 2. The van der Waals surface area contributed by atoms with Crippen LogP contribution in [-0.4, -0.2) is 12.2 Å². The Morgan fingerprint density at radius 1 is 1.25 bits per heavy atom. The number of rotatable bonds is 2. The Kier molecular flexibility index (Phi) is 4.28. The Hall–Kier alpha value is -0.280. The van der Waals surface area contributed by atoms with Gasteiger partial charge in [0.05, 0.1) is 15.6 Å². The Bertz CT molecular complexity index is 485. The third kappa shape index (κ3) is 2.71. The second-order valence-corrected chi connectivity index (χ2v) is 6.95. The predicted molar refractivity (Wildman–Crippen MR) is 83.3 cm³/mol. The van der Waals surface area contributed by atoms with E-state index >= 15 is 0 Å². The molecule has 0 amide bonds. The minimum atomic E-state index is -0.0532. The maximum Gasteiger partial charge on any atom is 0.0685 e. The van der Waals surface area contributed by atoms with Gasteiger partial charge in [-0.2, -0.15) is 0 Å². The number of hydrogen-bond donors (Lipinski definition) is 1. The summed E-state index contributed by atoms with van der Waals surface area (Å²) in [7, 11) is 0. The monoisotopic (exact) mass is 313 g/mol. The SMILES string of the molecule is NC(c1cccc(Cl)c1Cl)C1CCOC2(CCCC2)C1. The molecule has 110 valence electrons. The minimum Gasteiger partial charge on any atom is -0.375 e. The zero-order valence-corrected chi connectivity index (χ0v) is 13.1. The first kappa shape index (κ1) is 14.6. The lowest BCUT2D eigenvalue weighted by molar-refractivity contribution is -0.0963. The van der Waals surface area contributed by atoms with Gasteiger partial charge in [-0.15, -0.1) is 0 Å². The molecule has 1 aliphatic heterocycles. The summed E-state index contributed by atoms with van der Waals surface area (Å²) in [6.45, 7) is 0.816. The fourth-order valence-corrected chi connectivity index (χ4v) is 4.21. The summed E-state index contributed by atoms with van der Waals surface area (Å²) in [6, 6.07) is 5.68. The third-order valence-electron chi connectivity index (χ3n) is 4.89. The van der Waals surface area contributed by atoms with Crippen molar-refractivity contribution in [2.24, 2.45) is 11.7 Å². The molecular weight excluding hydrogens is 293 g/mol. The molecule has 1 aromatic carbocycles. The van der Waals surface area contributed by atoms with E-state index in [1.54, 1.807) is 0 Å². The molecule has 2 atom stereocenters. The second-order valence-electron chi connectivity index (χ2n) is 6.16. The van der Waals surface area contributed by atoms with Crippen molar-refractivity contribution in [2.75, 3.05) is 6.61 Å². The van der Waals surface area contributed by atoms with Crippen molar-refractivity contribution in [3.63, 3.8) is 0 Å². The van der Waals surface area contributed by atoms with Gasteiger partial charge in [0.25, 0.3) is 0 Å². The molecule has 20 heavy (non-hydrogen) atoms. The summed E-state index contributed by atoms with van der Waals surface area (Å²) >= 11 is 12.4. The quantitative estimate of drug-likeness (QED) is 0.856. The van der Waals surface area contributed by atoms with Crippen molar-refractivity contribution < 1.29 is 4.74 Å². The standard InChI is InChI=1S/C16H21Cl2NO/c17-13-5-3-4-12(14(13)18)15(19)11-6-9-20-16(10-11)7-1-2-8-16/h3-5,11,15H,1-2,6-10,19H2. The van der Waals surface area contributed by atoms with Crippen molar-refractivity contribution in [3.8, 4) is 0 Å². The molecule has 1 spiro atoms. The van der Waals surface area contributed by atoms with Gasteiger partial charge < -0.3 is 10.5 Å². The highest BCUT2D eigenvalue weighted by atomic mass is 35.5. The van der Waals surface area contributed by atoms with Gasteiger partial charge in [-0.25, -0.2) is 0 Å². The third-order valence-corrected chi connectivity index (χ3v) is 5.73. The fraction of sp³-hybridized carbons (Fsp3) is 0.625. The van der Waals surface area contributed by atoms with Crippen molar-refractivity contribution in [2.45, 2.75) is 50.2 Å². The van der Waals surface area contributed by atoms with Gasteiger partial charge in [0.15, 0.2) is 0 Å². The number of benzene rings is 1. The number of ether oxygens (including phenoxy) is 1. The smallest absolute Gasteiger partial charge is 0.0685 e. The summed E-state index contributed by atoms with van der Waals surface area (Å²) in [5.74, 6) is 0.429. The van der Waals surface area contributed by atoms with Crippen LogP contribution in [0, 0.1) is 5.92 Å². The van der Waals surface area contributed by atoms with Gasteiger partial charge in [-0.3, -0.25) is 0 Å².